The maximum Gasteiger partial charge on any atom is 0.417 e. The van der Waals surface area contributed by atoms with E-state index in [9.17, 15) is 13.2 Å². The summed E-state index contributed by atoms with van der Waals surface area (Å²) in [5.74, 6) is 0.846. The number of aryl methyl sites for hydroxylation is 1. The number of rotatable bonds is 2. The van der Waals surface area contributed by atoms with Gasteiger partial charge < -0.3 is 5.32 Å². The molecule has 0 aliphatic rings. The van der Waals surface area contributed by atoms with Gasteiger partial charge >= 0.3 is 6.18 Å². The number of hydrogen-bond acceptors (Lipinski definition) is 4. The Morgan fingerprint density at radius 2 is 1.95 bits per heavy atom. The standard InChI is InChI=1S/C12H11F3N4/c1-7-18-10(5-11(16-2)19-7)8-6-17-4-3-9(8)12(13,14)15/h3-6H,1-2H3,(H,16,18,19). The zero-order valence-corrected chi connectivity index (χ0v) is 10.3. The minimum atomic E-state index is -4.45. The summed E-state index contributed by atoms with van der Waals surface area (Å²) >= 11 is 0. The van der Waals surface area contributed by atoms with Crippen molar-refractivity contribution in [3.8, 4) is 11.3 Å². The summed E-state index contributed by atoms with van der Waals surface area (Å²) < 4.78 is 38.8. The average Bonchev–Trinajstić information content (AvgIpc) is 2.37. The molecule has 2 aromatic rings. The summed E-state index contributed by atoms with van der Waals surface area (Å²) in [6.07, 6.45) is -2.18. The molecule has 0 aliphatic carbocycles. The van der Waals surface area contributed by atoms with E-state index in [1.165, 1.54) is 6.07 Å². The molecule has 0 saturated carbocycles. The van der Waals surface area contributed by atoms with E-state index >= 15 is 0 Å². The van der Waals surface area contributed by atoms with Crippen molar-refractivity contribution in [2.45, 2.75) is 13.1 Å². The monoisotopic (exact) mass is 268 g/mol. The first-order valence-corrected chi connectivity index (χ1v) is 5.47. The number of alkyl halides is 3. The third-order valence-corrected chi connectivity index (χ3v) is 2.50. The van der Waals surface area contributed by atoms with E-state index in [0.717, 1.165) is 18.5 Å². The van der Waals surface area contributed by atoms with Crippen LogP contribution in [0.3, 0.4) is 0 Å². The summed E-state index contributed by atoms with van der Waals surface area (Å²) in [4.78, 5) is 11.8. The molecule has 0 fully saturated rings. The smallest absolute Gasteiger partial charge is 0.373 e. The molecule has 4 nitrogen and oxygen atoms in total. The molecule has 0 unspecified atom stereocenters. The molecule has 0 aromatic carbocycles. The molecule has 0 amide bonds. The van der Waals surface area contributed by atoms with Crippen LogP contribution in [0.4, 0.5) is 19.0 Å². The zero-order valence-electron chi connectivity index (χ0n) is 10.3. The lowest BCUT2D eigenvalue weighted by molar-refractivity contribution is -0.137. The number of nitrogens with zero attached hydrogens (tertiary/aromatic N) is 3. The number of nitrogens with one attached hydrogen (secondary N) is 1. The molecule has 0 bridgehead atoms. The average molecular weight is 268 g/mol. The van der Waals surface area contributed by atoms with Gasteiger partial charge in [0.15, 0.2) is 0 Å². The topological polar surface area (TPSA) is 50.7 Å². The lowest BCUT2D eigenvalue weighted by atomic mass is 10.1. The van der Waals surface area contributed by atoms with Gasteiger partial charge in [-0.05, 0) is 13.0 Å². The van der Waals surface area contributed by atoms with Gasteiger partial charge in [-0.15, -0.1) is 0 Å². The van der Waals surface area contributed by atoms with Crippen molar-refractivity contribution in [3.63, 3.8) is 0 Å². The quantitative estimate of drug-likeness (QED) is 0.909. The molecule has 100 valence electrons. The molecule has 1 N–H and O–H groups in total. The first kappa shape index (κ1) is 13.3. The van der Waals surface area contributed by atoms with Crippen LogP contribution in [-0.4, -0.2) is 22.0 Å². The van der Waals surface area contributed by atoms with Gasteiger partial charge in [-0.3, -0.25) is 4.98 Å². The highest BCUT2D eigenvalue weighted by molar-refractivity contribution is 5.65. The van der Waals surface area contributed by atoms with Crippen molar-refractivity contribution >= 4 is 5.82 Å². The Morgan fingerprint density at radius 1 is 1.21 bits per heavy atom. The van der Waals surface area contributed by atoms with Gasteiger partial charge in [0, 0.05) is 31.1 Å². The highest BCUT2D eigenvalue weighted by Gasteiger charge is 2.34. The number of halogens is 3. The second-order valence-corrected chi connectivity index (χ2v) is 3.85. The Balaban J connectivity index is 2.62. The van der Waals surface area contributed by atoms with Gasteiger partial charge in [0.1, 0.15) is 11.6 Å². The van der Waals surface area contributed by atoms with E-state index in [2.05, 4.69) is 20.3 Å². The SMILES string of the molecule is CNc1cc(-c2cnccc2C(F)(F)F)nc(C)n1. The highest BCUT2D eigenvalue weighted by atomic mass is 19.4. The van der Waals surface area contributed by atoms with Crippen LogP contribution in [0.15, 0.2) is 24.5 Å². The maximum absolute atomic E-state index is 12.9. The van der Waals surface area contributed by atoms with E-state index in [0.29, 0.717) is 11.6 Å². The molecule has 2 aromatic heterocycles. The highest BCUT2D eigenvalue weighted by Crippen LogP contribution is 2.36. The van der Waals surface area contributed by atoms with Crippen molar-refractivity contribution in [2.75, 3.05) is 12.4 Å². The molecule has 0 atom stereocenters. The maximum atomic E-state index is 12.9. The van der Waals surface area contributed by atoms with Crippen LogP contribution in [0, 0.1) is 6.92 Å². The van der Waals surface area contributed by atoms with Crippen LogP contribution < -0.4 is 5.32 Å². The van der Waals surface area contributed by atoms with Gasteiger partial charge in [-0.1, -0.05) is 0 Å². The fourth-order valence-electron chi connectivity index (χ4n) is 1.68. The van der Waals surface area contributed by atoms with Gasteiger partial charge in [0.25, 0.3) is 0 Å². The van der Waals surface area contributed by atoms with Crippen LogP contribution in [0.2, 0.25) is 0 Å². The molecule has 0 radical (unpaired) electrons. The van der Waals surface area contributed by atoms with E-state index in [4.69, 9.17) is 0 Å². The first-order chi connectivity index (χ1) is 8.91. The zero-order chi connectivity index (χ0) is 14.0. The van der Waals surface area contributed by atoms with E-state index in [-0.39, 0.29) is 11.3 Å². The van der Waals surface area contributed by atoms with Crippen LogP contribution in [0.25, 0.3) is 11.3 Å². The Kier molecular flexibility index (Phi) is 3.37. The lowest BCUT2D eigenvalue weighted by Gasteiger charge is -2.12. The van der Waals surface area contributed by atoms with Crippen molar-refractivity contribution < 1.29 is 13.2 Å². The van der Waals surface area contributed by atoms with Crippen LogP contribution in [0.5, 0.6) is 0 Å². The molecule has 7 heteroatoms. The second-order valence-electron chi connectivity index (χ2n) is 3.85. The number of hydrogen-bond donors (Lipinski definition) is 1. The predicted molar refractivity (Wildman–Crippen MR) is 64.5 cm³/mol. The Bertz CT molecular complexity index is 596. The molecular formula is C12H11F3N4. The molecular weight excluding hydrogens is 257 g/mol. The van der Waals surface area contributed by atoms with Gasteiger partial charge in [-0.25, -0.2) is 9.97 Å². The first-order valence-electron chi connectivity index (χ1n) is 5.47. The van der Waals surface area contributed by atoms with E-state index < -0.39 is 11.7 Å². The molecule has 19 heavy (non-hydrogen) atoms. The van der Waals surface area contributed by atoms with Gasteiger partial charge in [-0.2, -0.15) is 13.2 Å². The lowest BCUT2D eigenvalue weighted by Crippen LogP contribution is -2.08. The van der Waals surface area contributed by atoms with Crippen molar-refractivity contribution in [2.24, 2.45) is 0 Å². The summed E-state index contributed by atoms with van der Waals surface area (Å²) in [6.45, 7) is 1.62. The summed E-state index contributed by atoms with van der Waals surface area (Å²) in [6, 6.07) is 2.39. The van der Waals surface area contributed by atoms with E-state index in [1.807, 2.05) is 0 Å². The number of anilines is 1. The minimum absolute atomic E-state index is 0.0583. The Morgan fingerprint density at radius 3 is 2.58 bits per heavy atom. The molecule has 2 rings (SSSR count). The number of aromatic nitrogens is 3. The molecule has 2 heterocycles. The third kappa shape index (κ3) is 2.81. The van der Waals surface area contributed by atoms with Gasteiger partial charge in [0.2, 0.25) is 0 Å². The van der Waals surface area contributed by atoms with Crippen LogP contribution >= 0.6 is 0 Å². The summed E-state index contributed by atoms with van der Waals surface area (Å²) in [7, 11) is 1.64. The van der Waals surface area contributed by atoms with Crippen molar-refractivity contribution in [1.82, 2.24) is 15.0 Å². The Labute approximate surface area is 107 Å². The molecule has 0 saturated heterocycles. The largest absolute Gasteiger partial charge is 0.417 e. The van der Waals surface area contributed by atoms with Gasteiger partial charge in [0.05, 0.1) is 11.3 Å². The minimum Gasteiger partial charge on any atom is -0.373 e. The predicted octanol–water partition coefficient (Wildman–Crippen LogP) is 2.91. The third-order valence-electron chi connectivity index (χ3n) is 2.50. The normalized spacial score (nSPS) is 11.4. The van der Waals surface area contributed by atoms with Crippen molar-refractivity contribution in [3.05, 3.63) is 35.9 Å². The number of pyridine rings is 1. The van der Waals surface area contributed by atoms with Crippen LogP contribution in [-0.2, 0) is 6.18 Å². The van der Waals surface area contributed by atoms with E-state index in [1.54, 1.807) is 14.0 Å². The summed E-state index contributed by atoms with van der Waals surface area (Å²) in [5.41, 5.74) is -0.628. The fourth-order valence-corrected chi connectivity index (χ4v) is 1.68. The Hall–Kier alpha value is -2.18. The van der Waals surface area contributed by atoms with Crippen LogP contribution in [0.1, 0.15) is 11.4 Å². The molecule has 0 spiro atoms. The second kappa shape index (κ2) is 4.83. The summed E-state index contributed by atoms with van der Waals surface area (Å²) in [5, 5.41) is 2.78. The molecule has 0 aliphatic heterocycles. The van der Waals surface area contributed by atoms with Crippen molar-refractivity contribution in [1.29, 1.82) is 0 Å². The fraction of sp³-hybridized carbons (Fsp3) is 0.250.